The first-order chi connectivity index (χ1) is 12.5. The monoisotopic (exact) mass is 375 g/mol. The second-order valence-corrected chi connectivity index (χ2v) is 5.56. The topological polar surface area (TPSA) is 121 Å². The lowest BCUT2D eigenvalue weighted by molar-refractivity contribution is -0.119. The third-order valence-electron chi connectivity index (χ3n) is 3.39. The van der Waals surface area contributed by atoms with Crippen LogP contribution in [-0.4, -0.2) is 40.1 Å². The summed E-state index contributed by atoms with van der Waals surface area (Å²) in [5.74, 6) is -0.560. The minimum absolute atomic E-state index is 0.0989. The number of ether oxygens (including phenoxy) is 2. The number of methoxy groups -OCH3 is 1. The lowest BCUT2D eigenvalue weighted by Gasteiger charge is -2.13. The molecule has 0 aliphatic heterocycles. The summed E-state index contributed by atoms with van der Waals surface area (Å²) in [6.07, 6.45) is 1.72. The maximum Gasteiger partial charge on any atom is 0.258 e. The van der Waals surface area contributed by atoms with E-state index in [1.165, 1.54) is 19.2 Å². The first-order valence-electron chi connectivity index (χ1n) is 7.39. The van der Waals surface area contributed by atoms with E-state index in [0.29, 0.717) is 5.65 Å². The van der Waals surface area contributed by atoms with Crippen LogP contribution in [0, 0.1) is 0 Å². The largest absolute Gasteiger partial charge is 0.493 e. The van der Waals surface area contributed by atoms with Gasteiger partial charge in [0.1, 0.15) is 0 Å². The number of carbonyl (C=O) groups is 2. The molecule has 0 bridgehead atoms. The molecule has 134 valence electrons. The standard InChI is InChI=1S/C16H14ClN5O4/c1-25-11-7-9(6-10(17)14(11)26-8-12(18)23)15(24)19-16-21-20-13-4-2-3-5-22(13)16/h2-7H,8H2,1H3,(H2,18,23)(H,19,21,24). The average Bonchev–Trinajstić information content (AvgIpc) is 3.03. The van der Waals surface area contributed by atoms with Crippen LogP contribution < -0.4 is 20.5 Å². The molecule has 9 nitrogen and oxygen atoms in total. The van der Waals surface area contributed by atoms with E-state index in [4.69, 9.17) is 26.8 Å². The molecule has 0 aliphatic rings. The number of rotatable bonds is 6. The molecule has 2 aromatic heterocycles. The molecule has 3 aromatic rings. The Morgan fingerprint density at radius 2 is 2.12 bits per heavy atom. The molecule has 26 heavy (non-hydrogen) atoms. The number of benzene rings is 1. The van der Waals surface area contributed by atoms with Crippen molar-refractivity contribution in [2.24, 2.45) is 5.73 Å². The second-order valence-electron chi connectivity index (χ2n) is 5.15. The molecule has 10 heteroatoms. The Bertz CT molecular complexity index is 988. The highest BCUT2D eigenvalue weighted by molar-refractivity contribution is 6.32. The highest BCUT2D eigenvalue weighted by atomic mass is 35.5. The number of nitrogens with one attached hydrogen (secondary N) is 1. The normalized spacial score (nSPS) is 10.5. The van der Waals surface area contributed by atoms with Crippen LogP contribution in [0.5, 0.6) is 11.5 Å². The number of hydrogen-bond acceptors (Lipinski definition) is 6. The molecule has 3 N–H and O–H groups in total. The van der Waals surface area contributed by atoms with E-state index in [1.807, 2.05) is 6.07 Å². The number of aromatic nitrogens is 3. The number of hydrogen-bond donors (Lipinski definition) is 2. The molecule has 1 aromatic carbocycles. The lowest BCUT2D eigenvalue weighted by atomic mass is 10.2. The van der Waals surface area contributed by atoms with Crippen molar-refractivity contribution in [3.63, 3.8) is 0 Å². The highest BCUT2D eigenvalue weighted by Gasteiger charge is 2.18. The lowest BCUT2D eigenvalue weighted by Crippen LogP contribution is -2.20. The van der Waals surface area contributed by atoms with Crippen molar-refractivity contribution in [1.29, 1.82) is 0 Å². The summed E-state index contributed by atoms with van der Waals surface area (Å²) >= 11 is 6.15. The molecule has 0 saturated heterocycles. The highest BCUT2D eigenvalue weighted by Crippen LogP contribution is 2.36. The second kappa shape index (κ2) is 7.28. The van der Waals surface area contributed by atoms with Crippen molar-refractivity contribution in [2.45, 2.75) is 0 Å². The number of halogens is 1. The van der Waals surface area contributed by atoms with Crippen LogP contribution in [0.4, 0.5) is 5.95 Å². The van der Waals surface area contributed by atoms with E-state index in [1.54, 1.807) is 22.7 Å². The van der Waals surface area contributed by atoms with Gasteiger partial charge in [-0.05, 0) is 24.3 Å². The molecule has 0 spiro atoms. The Balaban J connectivity index is 1.87. The van der Waals surface area contributed by atoms with Crippen LogP contribution in [-0.2, 0) is 4.79 Å². The van der Waals surface area contributed by atoms with Crippen molar-refractivity contribution in [1.82, 2.24) is 14.6 Å². The van der Waals surface area contributed by atoms with Gasteiger partial charge in [0.05, 0.1) is 12.1 Å². The number of carbonyl (C=O) groups excluding carboxylic acids is 2. The number of pyridine rings is 1. The molecule has 0 saturated carbocycles. The Labute approximate surface area is 152 Å². The Kier molecular flexibility index (Phi) is 4.90. The fraction of sp³-hybridized carbons (Fsp3) is 0.125. The van der Waals surface area contributed by atoms with Crippen molar-refractivity contribution >= 4 is 35.0 Å². The van der Waals surface area contributed by atoms with Gasteiger partial charge in [-0.15, -0.1) is 10.2 Å². The number of amides is 2. The first-order valence-corrected chi connectivity index (χ1v) is 7.77. The van der Waals surface area contributed by atoms with Gasteiger partial charge in [-0.3, -0.25) is 19.3 Å². The van der Waals surface area contributed by atoms with Crippen LogP contribution in [0.1, 0.15) is 10.4 Å². The van der Waals surface area contributed by atoms with Gasteiger partial charge < -0.3 is 15.2 Å². The zero-order valence-corrected chi connectivity index (χ0v) is 14.4. The number of nitrogens with zero attached hydrogens (tertiary/aromatic N) is 3. The summed E-state index contributed by atoms with van der Waals surface area (Å²) in [5, 5.41) is 10.6. The third-order valence-corrected chi connectivity index (χ3v) is 3.67. The molecular formula is C16H14ClN5O4. The molecule has 0 fully saturated rings. The van der Waals surface area contributed by atoms with Gasteiger partial charge in [0.15, 0.2) is 23.8 Å². The van der Waals surface area contributed by atoms with E-state index >= 15 is 0 Å². The minimum Gasteiger partial charge on any atom is -0.493 e. The van der Waals surface area contributed by atoms with Gasteiger partial charge >= 0.3 is 0 Å². The molecule has 2 heterocycles. The van der Waals surface area contributed by atoms with Gasteiger partial charge in [0, 0.05) is 11.8 Å². The van der Waals surface area contributed by atoms with E-state index in [-0.39, 0.29) is 34.6 Å². The van der Waals surface area contributed by atoms with E-state index in [2.05, 4.69) is 15.5 Å². The van der Waals surface area contributed by atoms with Crippen LogP contribution >= 0.6 is 11.6 Å². The molecule has 0 atom stereocenters. The Morgan fingerprint density at radius 3 is 2.85 bits per heavy atom. The van der Waals surface area contributed by atoms with Gasteiger partial charge in [-0.2, -0.15) is 0 Å². The van der Waals surface area contributed by atoms with Crippen molar-refractivity contribution < 1.29 is 19.1 Å². The SMILES string of the molecule is COc1cc(C(=O)Nc2nnc3ccccn23)cc(Cl)c1OCC(N)=O. The van der Waals surface area contributed by atoms with Gasteiger partial charge in [-0.1, -0.05) is 17.7 Å². The molecular weight excluding hydrogens is 362 g/mol. The molecule has 0 unspecified atom stereocenters. The van der Waals surface area contributed by atoms with E-state index in [9.17, 15) is 9.59 Å². The summed E-state index contributed by atoms with van der Waals surface area (Å²) in [4.78, 5) is 23.4. The van der Waals surface area contributed by atoms with E-state index < -0.39 is 11.8 Å². The van der Waals surface area contributed by atoms with Crippen LogP contribution in [0.3, 0.4) is 0 Å². The minimum atomic E-state index is -0.663. The fourth-order valence-electron chi connectivity index (χ4n) is 2.23. The Hall–Kier alpha value is -3.33. The molecule has 0 aliphatic carbocycles. The fourth-order valence-corrected chi connectivity index (χ4v) is 2.50. The molecule has 0 radical (unpaired) electrons. The van der Waals surface area contributed by atoms with Crippen molar-refractivity contribution in [3.05, 3.63) is 47.1 Å². The predicted octanol–water partition coefficient (Wildman–Crippen LogP) is 1.51. The summed E-state index contributed by atoms with van der Waals surface area (Å²) in [6.45, 7) is -0.368. The number of nitrogens with two attached hydrogens (primary N) is 1. The zero-order valence-electron chi connectivity index (χ0n) is 13.6. The van der Waals surface area contributed by atoms with Crippen molar-refractivity contribution in [2.75, 3.05) is 19.0 Å². The van der Waals surface area contributed by atoms with Crippen molar-refractivity contribution in [3.8, 4) is 11.5 Å². The Morgan fingerprint density at radius 1 is 1.31 bits per heavy atom. The quantitative estimate of drug-likeness (QED) is 0.673. The predicted molar refractivity (Wildman–Crippen MR) is 93.6 cm³/mol. The zero-order chi connectivity index (χ0) is 18.7. The van der Waals surface area contributed by atoms with Gasteiger partial charge in [0.2, 0.25) is 5.95 Å². The molecule has 3 rings (SSSR count). The summed E-state index contributed by atoms with van der Waals surface area (Å²) < 4.78 is 12.0. The number of anilines is 1. The summed E-state index contributed by atoms with van der Waals surface area (Å²) in [7, 11) is 1.39. The maximum atomic E-state index is 12.5. The van der Waals surface area contributed by atoms with Crippen LogP contribution in [0.2, 0.25) is 5.02 Å². The number of primary amides is 1. The maximum absolute atomic E-state index is 12.5. The average molecular weight is 376 g/mol. The summed E-state index contributed by atoms with van der Waals surface area (Å²) in [6, 6.07) is 8.18. The summed E-state index contributed by atoms with van der Waals surface area (Å²) in [5.41, 5.74) is 5.86. The van der Waals surface area contributed by atoms with E-state index in [0.717, 1.165) is 0 Å². The number of fused-ring (bicyclic) bond motifs is 1. The third kappa shape index (κ3) is 3.52. The van der Waals surface area contributed by atoms with Gasteiger partial charge in [-0.25, -0.2) is 0 Å². The molecule has 2 amide bonds. The van der Waals surface area contributed by atoms with Crippen LogP contribution in [0.15, 0.2) is 36.5 Å². The first kappa shape index (κ1) is 17.5. The van der Waals surface area contributed by atoms with Crippen LogP contribution in [0.25, 0.3) is 5.65 Å². The smallest absolute Gasteiger partial charge is 0.258 e. The van der Waals surface area contributed by atoms with Gasteiger partial charge in [0.25, 0.3) is 11.8 Å².